The van der Waals surface area contributed by atoms with Gasteiger partial charge in [-0.05, 0) is 19.2 Å². The molecule has 0 aliphatic rings. The second kappa shape index (κ2) is 6.15. The van der Waals surface area contributed by atoms with Crippen molar-refractivity contribution in [2.75, 3.05) is 21.3 Å². The summed E-state index contributed by atoms with van der Waals surface area (Å²) >= 11 is 0. The standard InChI is InChI=1S/C14H17N3O2/c1-15-7-10-8-16-14(17-9-10)11-4-12(18-2)6-13(5-11)19-3/h4-6,8-9,15H,7H2,1-3H3. The van der Waals surface area contributed by atoms with Gasteiger partial charge in [0, 0.05) is 36.1 Å². The van der Waals surface area contributed by atoms with E-state index in [9.17, 15) is 0 Å². The SMILES string of the molecule is CNCc1cnc(-c2cc(OC)cc(OC)c2)nc1. The summed E-state index contributed by atoms with van der Waals surface area (Å²) in [5.74, 6) is 2.09. The van der Waals surface area contributed by atoms with Crippen molar-refractivity contribution in [2.45, 2.75) is 6.54 Å². The van der Waals surface area contributed by atoms with Gasteiger partial charge in [-0.25, -0.2) is 9.97 Å². The molecule has 0 bridgehead atoms. The van der Waals surface area contributed by atoms with Gasteiger partial charge in [0.05, 0.1) is 14.2 Å². The zero-order chi connectivity index (χ0) is 13.7. The van der Waals surface area contributed by atoms with E-state index in [1.54, 1.807) is 14.2 Å². The average molecular weight is 259 g/mol. The third-order valence-electron chi connectivity index (χ3n) is 2.70. The van der Waals surface area contributed by atoms with E-state index in [0.717, 1.165) is 29.2 Å². The highest BCUT2D eigenvalue weighted by Crippen LogP contribution is 2.27. The Morgan fingerprint density at radius 3 is 2.05 bits per heavy atom. The van der Waals surface area contributed by atoms with Crippen LogP contribution in [0.3, 0.4) is 0 Å². The summed E-state index contributed by atoms with van der Waals surface area (Å²) < 4.78 is 10.5. The number of benzene rings is 1. The average Bonchev–Trinajstić information content (AvgIpc) is 2.47. The second-order valence-electron chi connectivity index (χ2n) is 4.05. The van der Waals surface area contributed by atoms with Crippen LogP contribution in [0, 0.1) is 0 Å². The first-order valence-corrected chi connectivity index (χ1v) is 5.95. The van der Waals surface area contributed by atoms with Crippen LogP contribution in [0.5, 0.6) is 11.5 Å². The van der Waals surface area contributed by atoms with E-state index in [1.165, 1.54) is 0 Å². The molecule has 0 saturated heterocycles. The highest BCUT2D eigenvalue weighted by atomic mass is 16.5. The van der Waals surface area contributed by atoms with E-state index >= 15 is 0 Å². The van der Waals surface area contributed by atoms with Gasteiger partial charge in [-0.2, -0.15) is 0 Å². The fraction of sp³-hybridized carbons (Fsp3) is 0.286. The smallest absolute Gasteiger partial charge is 0.159 e. The fourth-order valence-corrected chi connectivity index (χ4v) is 1.74. The minimum atomic E-state index is 0.650. The minimum Gasteiger partial charge on any atom is -0.497 e. The predicted molar refractivity (Wildman–Crippen MR) is 73.3 cm³/mol. The summed E-state index contributed by atoms with van der Waals surface area (Å²) in [6, 6.07) is 5.59. The van der Waals surface area contributed by atoms with Crippen LogP contribution in [0.25, 0.3) is 11.4 Å². The molecular formula is C14H17N3O2. The third kappa shape index (κ3) is 3.20. The Morgan fingerprint density at radius 2 is 1.58 bits per heavy atom. The molecule has 19 heavy (non-hydrogen) atoms. The van der Waals surface area contributed by atoms with Crippen LogP contribution < -0.4 is 14.8 Å². The molecule has 5 heteroatoms. The Labute approximate surface area is 112 Å². The van der Waals surface area contributed by atoms with Crippen molar-refractivity contribution in [3.05, 3.63) is 36.2 Å². The van der Waals surface area contributed by atoms with E-state index in [0.29, 0.717) is 5.82 Å². The predicted octanol–water partition coefficient (Wildman–Crippen LogP) is 1.88. The molecule has 0 aliphatic heterocycles. The van der Waals surface area contributed by atoms with Crippen molar-refractivity contribution in [1.29, 1.82) is 0 Å². The molecule has 0 unspecified atom stereocenters. The molecule has 0 radical (unpaired) electrons. The summed E-state index contributed by atoms with van der Waals surface area (Å²) in [4.78, 5) is 8.71. The Balaban J connectivity index is 2.34. The first-order chi connectivity index (χ1) is 9.26. The van der Waals surface area contributed by atoms with Crippen LogP contribution in [0.15, 0.2) is 30.6 Å². The molecular weight excluding hydrogens is 242 g/mol. The van der Waals surface area contributed by atoms with Gasteiger partial charge in [0.2, 0.25) is 0 Å². The molecule has 0 saturated carbocycles. The number of hydrogen-bond acceptors (Lipinski definition) is 5. The van der Waals surface area contributed by atoms with Gasteiger partial charge in [0.1, 0.15) is 11.5 Å². The molecule has 1 aromatic heterocycles. The second-order valence-corrected chi connectivity index (χ2v) is 4.05. The van der Waals surface area contributed by atoms with Gasteiger partial charge in [-0.3, -0.25) is 0 Å². The molecule has 2 aromatic rings. The quantitative estimate of drug-likeness (QED) is 0.888. The van der Waals surface area contributed by atoms with Gasteiger partial charge in [0.25, 0.3) is 0 Å². The lowest BCUT2D eigenvalue weighted by Crippen LogP contribution is -2.06. The van der Waals surface area contributed by atoms with Crippen LogP contribution in [0.4, 0.5) is 0 Å². The highest BCUT2D eigenvalue weighted by Gasteiger charge is 2.06. The van der Waals surface area contributed by atoms with Crippen molar-refractivity contribution >= 4 is 0 Å². The van der Waals surface area contributed by atoms with Gasteiger partial charge in [-0.1, -0.05) is 0 Å². The molecule has 0 aliphatic carbocycles. The largest absolute Gasteiger partial charge is 0.497 e. The number of ether oxygens (including phenoxy) is 2. The Hall–Kier alpha value is -2.14. The van der Waals surface area contributed by atoms with Crippen LogP contribution >= 0.6 is 0 Å². The molecule has 2 rings (SSSR count). The topological polar surface area (TPSA) is 56.3 Å². The molecule has 0 spiro atoms. The number of methoxy groups -OCH3 is 2. The normalized spacial score (nSPS) is 10.3. The number of nitrogens with one attached hydrogen (secondary N) is 1. The van der Waals surface area contributed by atoms with Crippen molar-refractivity contribution in [3.8, 4) is 22.9 Å². The van der Waals surface area contributed by atoms with Crippen LogP contribution in [0.1, 0.15) is 5.56 Å². The van der Waals surface area contributed by atoms with Gasteiger partial charge in [-0.15, -0.1) is 0 Å². The lowest BCUT2D eigenvalue weighted by molar-refractivity contribution is 0.394. The minimum absolute atomic E-state index is 0.650. The van der Waals surface area contributed by atoms with Crippen LogP contribution in [-0.4, -0.2) is 31.2 Å². The number of nitrogens with zero attached hydrogens (tertiary/aromatic N) is 2. The maximum absolute atomic E-state index is 5.24. The zero-order valence-electron chi connectivity index (χ0n) is 11.3. The number of rotatable bonds is 5. The maximum Gasteiger partial charge on any atom is 0.159 e. The maximum atomic E-state index is 5.24. The number of aromatic nitrogens is 2. The van der Waals surface area contributed by atoms with Gasteiger partial charge >= 0.3 is 0 Å². The molecule has 100 valence electrons. The zero-order valence-corrected chi connectivity index (χ0v) is 11.3. The summed E-state index contributed by atoms with van der Waals surface area (Å²) in [5.41, 5.74) is 1.91. The molecule has 1 N–H and O–H groups in total. The third-order valence-corrected chi connectivity index (χ3v) is 2.70. The lowest BCUT2D eigenvalue weighted by atomic mass is 10.2. The molecule has 1 aromatic carbocycles. The highest BCUT2D eigenvalue weighted by molar-refractivity contribution is 5.60. The van der Waals surface area contributed by atoms with Crippen LogP contribution in [-0.2, 0) is 6.54 Å². The first-order valence-electron chi connectivity index (χ1n) is 5.95. The Kier molecular flexibility index (Phi) is 4.30. The summed E-state index contributed by atoms with van der Waals surface area (Å²) in [7, 11) is 5.13. The van der Waals surface area contributed by atoms with Gasteiger partial charge < -0.3 is 14.8 Å². The van der Waals surface area contributed by atoms with Crippen molar-refractivity contribution in [2.24, 2.45) is 0 Å². The Bertz CT molecular complexity index is 519. The molecule has 1 heterocycles. The van der Waals surface area contributed by atoms with E-state index < -0.39 is 0 Å². The first kappa shape index (κ1) is 13.3. The van der Waals surface area contributed by atoms with E-state index in [4.69, 9.17) is 9.47 Å². The van der Waals surface area contributed by atoms with Crippen molar-refractivity contribution < 1.29 is 9.47 Å². The summed E-state index contributed by atoms with van der Waals surface area (Å²) in [5, 5.41) is 3.06. The van der Waals surface area contributed by atoms with Crippen molar-refractivity contribution in [1.82, 2.24) is 15.3 Å². The number of hydrogen-bond donors (Lipinski definition) is 1. The van der Waals surface area contributed by atoms with E-state index in [-0.39, 0.29) is 0 Å². The van der Waals surface area contributed by atoms with Crippen LogP contribution in [0.2, 0.25) is 0 Å². The summed E-state index contributed by atoms with van der Waals surface area (Å²) in [6.07, 6.45) is 3.62. The van der Waals surface area contributed by atoms with E-state index in [2.05, 4.69) is 15.3 Å². The molecule has 0 atom stereocenters. The Morgan fingerprint density at radius 1 is 1.00 bits per heavy atom. The summed E-state index contributed by atoms with van der Waals surface area (Å²) in [6.45, 7) is 0.752. The molecule has 0 fully saturated rings. The van der Waals surface area contributed by atoms with Gasteiger partial charge in [0.15, 0.2) is 5.82 Å². The van der Waals surface area contributed by atoms with Crippen molar-refractivity contribution in [3.63, 3.8) is 0 Å². The van der Waals surface area contributed by atoms with E-state index in [1.807, 2.05) is 37.6 Å². The molecule has 5 nitrogen and oxygen atoms in total. The molecule has 0 amide bonds. The fourth-order valence-electron chi connectivity index (χ4n) is 1.74. The monoisotopic (exact) mass is 259 g/mol. The lowest BCUT2D eigenvalue weighted by Gasteiger charge is -2.08.